The summed E-state index contributed by atoms with van der Waals surface area (Å²) in [7, 11) is -2.29. The largest absolute Gasteiger partial charge is 0.497 e. The third-order valence-electron chi connectivity index (χ3n) is 4.98. The molecule has 2 aromatic rings. The number of methoxy groups -OCH3 is 1. The molecule has 0 aliphatic carbocycles. The summed E-state index contributed by atoms with van der Waals surface area (Å²) in [5.41, 5.74) is -0.230. The predicted molar refractivity (Wildman–Crippen MR) is 94.9 cm³/mol. The zero-order chi connectivity index (χ0) is 18.5. The summed E-state index contributed by atoms with van der Waals surface area (Å²) >= 11 is 0. The van der Waals surface area contributed by atoms with Crippen molar-refractivity contribution in [2.24, 2.45) is 0 Å². The maximum absolute atomic E-state index is 13.2. The molecule has 2 aromatic carbocycles. The van der Waals surface area contributed by atoms with Gasteiger partial charge in [0.1, 0.15) is 11.5 Å². The smallest absolute Gasteiger partial charge is 0.242 e. The maximum atomic E-state index is 13.2. The van der Waals surface area contributed by atoms with Gasteiger partial charge >= 0.3 is 0 Å². The molecule has 1 saturated heterocycles. The first-order chi connectivity index (χ1) is 12.3. The van der Waals surface area contributed by atoms with Crippen molar-refractivity contribution in [2.75, 3.05) is 7.11 Å². The van der Waals surface area contributed by atoms with Gasteiger partial charge < -0.3 is 14.8 Å². The molecule has 3 atom stereocenters. The number of hydrogen-bond acceptors (Lipinski definition) is 5. The van der Waals surface area contributed by atoms with E-state index in [0.29, 0.717) is 23.5 Å². The number of piperidine rings is 1. The molecular formula is C19H19NO5S. The Bertz CT molecular complexity index is 973. The van der Waals surface area contributed by atoms with E-state index in [0.717, 1.165) is 0 Å². The van der Waals surface area contributed by atoms with Gasteiger partial charge in [0.15, 0.2) is 20.8 Å². The molecule has 1 fully saturated rings. The number of rotatable bonds is 3. The minimum absolute atomic E-state index is 0.144. The van der Waals surface area contributed by atoms with E-state index in [2.05, 4.69) is 5.32 Å². The van der Waals surface area contributed by atoms with Crippen molar-refractivity contribution in [1.82, 2.24) is 5.32 Å². The van der Waals surface area contributed by atoms with Gasteiger partial charge in [0.25, 0.3) is 0 Å². The second-order valence-electron chi connectivity index (χ2n) is 6.82. The first-order valence-corrected chi connectivity index (χ1v) is 9.87. The molecule has 1 N–H and O–H groups in total. The van der Waals surface area contributed by atoms with Crippen LogP contribution < -0.4 is 14.8 Å². The number of ether oxygens (including phenoxy) is 2. The maximum Gasteiger partial charge on any atom is 0.242 e. The predicted octanol–water partition coefficient (Wildman–Crippen LogP) is 2.25. The number of benzene rings is 2. The molecule has 0 spiro atoms. The van der Waals surface area contributed by atoms with Gasteiger partial charge in [-0.3, -0.25) is 4.79 Å². The molecule has 6 nitrogen and oxygen atoms in total. The molecule has 7 heteroatoms. The summed E-state index contributed by atoms with van der Waals surface area (Å²) in [5.74, 6) is 0.125. The average Bonchev–Trinajstić information content (AvgIpc) is 2.60. The quantitative estimate of drug-likeness (QED) is 0.892. The minimum atomic E-state index is -3.85. The van der Waals surface area contributed by atoms with E-state index in [-0.39, 0.29) is 4.90 Å². The van der Waals surface area contributed by atoms with E-state index >= 15 is 0 Å². The third kappa shape index (κ3) is 2.54. The summed E-state index contributed by atoms with van der Waals surface area (Å²) < 4.78 is 37.6. The van der Waals surface area contributed by atoms with Gasteiger partial charge in [-0.05, 0) is 30.7 Å². The monoisotopic (exact) mass is 373 g/mol. The highest BCUT2D eigenvalue weighted by Crippen LogP contribution is 2.48. The summed E-state index contributed by atoms with van der Waals surface area (Å²) in [4.78, 5) is 12.9. The van der Waals surface area contributed by atoms with Gasteiger partial charge in [0.2, 0.25) is 5.91 Å². The van der Waals surface area contributed by atoms with Crippen LogP contribution in [0.15, 0.2) is 53.4 Å². The van der Waals surface area contributed by atoms with Gasteiger partial charge in [-0.2, -0.15) is 0 Å². The molecule has 136 valence electrons. The number of fused-ring (bicyclic) bond motifs is 4. The van der Waals surface area contributed by atoms with Gasteiger partial charge in [-0.25, -0.2) is 8.42 Å². The lowest BCUT2D eigenvalue weighted by Crippen LogP contribution is -2.63. The van der Waals surface area contributed by atoms with Gasteiger partial charge in [-0.1, -0.05) is 24.3 Å². The molecule has 4 rings (SSSR count). The number of carbonyl (C=O) groups is 1. The summed E-state index contributed by atoms with van der Waals surface area (Å²) in [5, 5.41) is 1.55. The summed E-state index contributed by atoms with van der Waals surface area (Å²) in [6.07, 6.45) is 0.384. The molecule has 2 aliphatic heterocycles. The lowest BCUT2D eigenvalue weighted by molar-refractivity contribution is -0.132. The Morgan fingerprint density at radius 1 is 1.19 bits per heavy atom. The lowest BCUT2D eigenvalue weighted by Gasteiger charge is -2.46. The van der Waals surface area contributed by atoms with E-state index in [1.165, 1.54) is 12.1 Å². The standard InChI is InChI=1S/C19H19NO5S/c1-19-11-15(14-9-8-12(24-2)10-16(14)25-19)17(18(21)20-19)26(22,23)13-6-4-3-5-7-13/h3-10,15,17H,11H2,1-2H3,(H,20,21)/t15-,17?,19-/m1/s1. The molecule has 1 unspecified atom stereocenters. The van der Waals surface area contributed by atoms with Crippen molar-refractivity contribution in [3.63, 3.8) is 0 Å². The van der Waals surface area contributed by atoms with E-state index in [1.807, 2.05) is 0 Å². The van der Waals surface area contributed by atoms with Crippen LogP contribution in [0.4, 0.5) is 0 Å². The van der Waals surface area contributed by atoms with E-state index in [1.54, 1.807) is 50.4 Å². The normalized spacial score (nSPS) is 27.1. The van der Waals surface area contributed by atoms with Crippen LogP contribution in [0.1, 0.15) is 24.8 Å². The van der Waals surface area contributed by atoms with Crippen LogP contribution in [0.3, 0.4) is 0 Å². The highest BCUT2D eigenvalue weighted by Gasteiger charge is 2.54. The van der Waals surface area contributed by atoms with Crippen LogP contribution in [0.25, 0.3) is 0 Å². The fourth-order valence-corrected chi connectivity index (χ4v) is 5.67. The Hall–Kier alpha value is -2.54. The molecule has 1 amide bonds. The molecular weight excluding hydrogens is 354 g/mol. The highest BCUT2D eigenvalue weighted by molar-refractivity contribution is 7.92. The van der Waals surface area contributed by atoms with Crippen LogP contribution in [-0.4, -0.2) is 32.4 Å². The molecule has 26 heavy (non-hydrogen) atoms. The van der Waals surface area contributed by atoms with Crippen LogP contribution in [0, 0.1) is 0 Å². The van der Waals surface area contributed by atoms with Crippen LogP contribution >= 0.6 is 0 Å². The Morgan fingerprint density at radius 2 is 1.92 bits per heavy atom. The van der Waals surface area contributed by atoms with Gasteiger partial charge in [0.05, 0.1) is 12.0 Å². The van der Waals surface area contributed by atoms with Crippen molar-refractivity contribution in [2.45, 2.75) is 35.1 Å². The van der Waals surface area contributed by atoms with Crippen molar-refractivity contribution >= 4 is 15.7 Å². The van der Waals surface area contributed by atoms with E-state index < -0.39 is 32.6 Å². The molecule has 2 aliphatic rings. The summed E-state index contributed by atoms with van der Waals surface area (Å²) in [6, 6.07) is 13.3. The Kier molecular flexibility index (Phi) is 3.73. The molecule has 0 aromatic heterocycles. The van der Waals surface area contributed by atoms with Crippen LogP contribution in [0.5, 0.6) is 11.5 Å². The number of carbonyl (C=O) groups excluding carboxylic acids is 1. The summed E-state index contributed by atoms with van der Waals surface area (Å²) in [6.45, 7) is 1.76. The Balaban J connectivity index is 1.85. The number of sulfone groups is 1. The minimum Gasteiger partial charge on any atom is -0.497 e. The second kappa shape index (κ2) is 5.74. The number of hydrogen-bond donors (Lipinski definition) is 1. The topological polar surface area (TPSA) is 81.7 Å². The van der Waals surface area contributed by atoms with E-state index in [9.17, 15) is 13.2 Å². The number of amides is 1. The SMILES string of the molecule is COc1ccc2c(c1)O[C@]1(C)C[C@H]2C(S(=O)(=O)c2ccccc2)C(=O)N1. The molecule has 2 bridgehead atoms. The number of nitrogens with one attached hydrogen (secondary N) is 1. The van der Waals surface area contributed by atoms with Crippen molar-refractivity contribution < 1.29 is 22.7 Å². The highest BCUT2D eigenvalue weighted by atomic mass is 32.2. The lowest BCUT2D eigenvalue weighted by atomic mass is 9.81. The zero-order valence-electron chi connectivity index (χ0n) is 14.4. The average molecular weight is 373 g/mol. The first-order valence-electron chi connectivity index (χ1n) is 8.32. The van der Waals surface area contributed by atoms with Gasteiger partial charge in [0, 0.05) is 18.4 Å². The van der Waals surface area contributed by atoms with Gasteiger partial charge in [-0.15, -0.1) is 0 Å². The van der Waals surface area contributed by atoms with Crippen molar-refractivity contribution in [1.29, 1.82) is 0 Å². The van der Waals surface area contributed by atoms with Crippen molar-refractivity contribution in [3.05, 3.63) is 54.1 Å². The Morgan fingerprint density at radius 3 is 2.62 bits per heavy atom. The first kappa shape index (κ1) is 16.9. The van der Waals surface area contributed by atoms with Crippen molar-refractivity contribution in [3.8, 4) is 11.5 Å². The fraction of sp³-hybridized carbons (Fsp3) is 0.316. The second-order valence-corrected chi connectivity index (χ2v) is 8.88. The fourth-order valence-electron chi connectivity index (χ4n) is 3.83. The molecule has 0 saturated carbocycles. The molecule has 0 radical (unpaired) electrons. The zero-order valence-corrected chi connectivity index (χ0v) is 15.2. The van der Waals surface area contributed by atoms with Crippen LogP contribution in [-0.2, 0) is 14.6 Å². The van der Waals surface area contributed by atoms with E-state index in [4.69, 9.17) is 9.47 Å². The Labute approximate surface area is 152 Å². The molecule has 2 heterocycles. The third-order valence-corrected chi connectivity index (χ3v) is 7.12. The van der Waals surface area contributed by atoms with Crippen LogP contribution in [0.2, 0.25) is 0 Å².